The zero-order valence-electron chi connectivity index (χ0n) is 9.62. The first kappa shape index (κ1) is 14.8. The SMILES string of the molecule is O=C(Nc1cccc(F)c1C(=O)O)c1cc(Cl)sc1Cl. The van der Waals surface area contributed by atoms with Crippen LogP contribution >= 0.6 is 34.5 Å². The lowest BCUT2D eigenvalue weighted by atomic mass is 10.1. The average molecular weight is 334 g/mol. The van der Waals surface area contributed by atoms with Gasteiger partial charge >= 0.3 is 5.97 Å². The molecule has 2 N–H and O–H groups in total. The topological polar surface area (TPSA) is 66.4 Å². The predicted octanol–water partition coefficient (Wildman–Crippen LogP) is 4.14. The highest BCUT2D eigenvalue weighted by molar-refractivity contribution is 7.20. The zero-order chi connectivity index (χ0) is 14.9. The molecular weight excluding hydrogens is 328 g/mol. The second kappa shape index (κ2) is 5.78. The molecule has 0 unspecified atom stereocenters. The largest absolute Gasteiger partial charge is 0.478 e. The molecular formula is C12H6Cl2FNO3S. The first-order valence-corrected chi connectivity index (χ1v) is 6.75. The normalized spacial score (nSPS) is 10.3. The Morgan fingerprint density at radius 2 is 2.00 bits per heavy atom. The van der Waals surface area contributed by atoms with Crippen LogP contribution in [0.3, 0.4) is 0 Å². The molecule has 20 heavy (non-hydrogen) atoms. The lowest BCUT2D eigenvalue weighted by Gasteiger charge is -2.08. The first-order chi connectivity index (χ1) is 9.40. The minimum absolute atomic E-state index is 0.0993. The van der Waals surface area contributed by atoms with Gasteiger partial charge in [-0.1, -0.05) is 29.3 Å². The van der Waals surface area contributed by atoms with E-state index in [0.717, 1.165) is 17.4 Å². The molecule has 0 saturated heterocycles. The van der Waals surface area contributed by atoms with Crippen molar-refractivity contribution in [1.82, 2.24) is 0 Å². The molecule has 1 amide bonds. The molecule has 2 aromatic rings. The van der Waals surface area contributed by atoms with Crippen LogP contribution in [-0.2, 0) is 0 Å². The minimum atomic E-state index is -1.48. The van der Waals surface area contributed by atoms with Crippen LogP contribution in [0.1, 0.15) is 20.7 Å². The van der Waals surface area contributed by atoms with Gasteiger partial charge in [0.1, 0.15) is 15.7 Å². The van der Waals surface area contributed by atoms with E-state index in [4.69, 9.17) is 28.3 Å². The number of rotatable bonds is 3. The van der Waals surface area contributed by atoms with Gasteiger partial charge in [-0.3, -0.25) is 4.79 Å². The Bertz CT molecular complexity index is 702. The lowest BCUT2D eigenvalue weighted by Crippen LogP contribution is -2.15. The number of anilines is 1. The van der Waals surface area contributed by atoms with Crippen LogP contribution in [0, 0.1) is 5.82 Å². The lowest BCUT2D eigenvalue weighted by molar-refractivity contribution is 0.0693. The van der Waals surface area contributed by atoms with Crippen molar-refractivity contribution in [2.75, 3.05) is 5.32 Å². The summed E-state index contributed by atoms with van der Waals surface area (Å²) < 4.78 is 13.9. The van der Waals surface area contributed by atoms with E-state index in [9.17, 15) is 14.0 Å². The van der Waals surface area contributed by atoms with Crippen molar-refractivity contribution in [2.24, 2.45) is 0 Å². The standard InChI is InChI=1S/C12H6Cl2FNO3S/c13-8-4-5(10(14)20-8)11(17)16-7-3-1-2-6(15)9(7)12(18)19/h1-4H,(H,16,17)(H,18,19). The highest BCUT2D eigenvalue weighted by atomic mass is 35.5. The van der Waals surface area contributed by atoms with Crippen LogP contribution in [0.5, 0.6) is 0 Å². The van der Waals surface area contributed by atoms with Gasteiger partial charge in [0.05, 0.1) is 15.6 Å². The van der Waals surface area contributed by atoms with Crippen LogP contribution in [0.15, 0.2) is 24.3 Å². The number of hydrogen-bond acceptors (Lipinski definition) is 3. The second-order valence-corrected chi connectivity index (χ2v) is 5.95. The number of aromatic carboxylic acids is 1. The number of hydrogen-bond donors (Lipinski definition) is 2. The third-order valence-electron chi connectivity index (χ3n) is 2.38. The van der Waals surface area contributed by atoms with Crippen LogP contribution in [0.25, 0.3) is 0 Å². The van der Waals surface area contributed by atoms with Crippen molar-refractivity contribution in [2.45, 2.75) is 0 Å². The third kappa shape index (κ3) is 2.92. The monoisotopic (exact) mass is 333 g/mol. The number of amides is 1. The molecule has 0 aliphatic heterocycles. The van der Waals surface area contributed by atoms with Gasteiger partial charge in [0.2, 0.25) is 0 Å². The quantitative estimate of drug-likeness (QED) is 0.886. The molecule has 0 bridgehead atoms. The smallest absolute Gasteiger partial charge is 0.340 e. The maximum Gasteiger partial charge on any atom is 0.340 e. The van der Waals surface area contributed by atoms with Crippen LogP contribution in [0.2, 0.25) is 8.67 Å². The molecule has 2 rings (SSSR count). The van der Waals surface area contributed by atoms with Crippen molar-refractivity contribution >= 4 is 52.1 Å². The summed E-state index contributed by atoms with van der Waals surface area (Å²) in [6, 6.07) is 4.92. The Hall–Kier alpha value is -1.63. The van der Waals surface area contributed by atoms with Crippen molar-refractivity contribution in [3.8, 4) is 0 Å². The van der Waals surface area contributed by atoms with Gasteiger partial charge < -0.3 is 10.4 Å². The van der Waals surface area contributed by atoms with E-state index < -0.39 is 23.3 Å². The number of thiophene rings is 1. The number of nitrogens with one attached hydrogen (secondary N) is 1. The summed E-state index contributed by atoms with van der Waals surface area (Å²) in [4.78, 5) is 23.0. The molecule has 0 atom stereocenters. The van der Waals surface area contributed by atoms with E-state index in [1.165, 1.54) is 18.2 Å². The summed E-state index contributed by atoms with van der Waals surface area (Å²) in [5.74, 6) is -3.08. The van der Waals surface area contributed by atoms with E-state index in [1.807, 2.05) is 0 Å². The number of halogens is 3. The maximum absolute atomic E-state index is 13.5. The number of carboxylic acid groups (broad SMARTS) is 1. The second-order valence-electron chi connectivity index (χ2n) is 3.66. The number of carbonyl (C=O) groups is 2. The van der Waals surface area contributed by atoms with Gasteiger partial charge in [-0.15, -0.1) is 11.3 Å². The van der Waals surface area contributed by atoms with Gasteiger partial charge in [0.25, 0.3) is 5.91 Å². The molecule has 104 valence electrons. The first-order valence-electron chi connectivity index (χ1n) is 5.18. The molecule has 4 nitrogen and oxygen atoms in total. The van der Waals surface area contributed by atoms with Gasteiger partial charge in [-0.2, -0.15) is 0 Å². The van der Waals surface area contributed by atoms with Gasteiger partial charge in [-0.05, 0) is 18.2 Å². The average Bonchev–Trinajstić information content (AvgIpc) is 2.68. The number of carbonyl (C=O) groups excluding carboxylic acids is 1. The summed E-state index contributed by atoms with van der Waals surface area (Å²) in [6.07, 6.45) is 0. The molecule has 1 aromatic heterocycles. The van der Waals surface area contributed by atoms with Crippen molar-refractivity contribution in [3.05, 3.63) is 49.9 Å². The van der Waals surface area contributed by atoms with E-state index in [1.54, 1.807) is 0 Å². The van der Waals surface area contributed by atoms with Gasteiger partial charge in [-0.25, -0.2) is 9.18 Å². The van der Waals surface area contributed by atoms with E-state index in [2.05, 4.69) is 5.32 Å². The Morgan fingerprint density at radius 1 is 1.30 bits per heavy atom. The predicted molar refractivity (Wildman–Crippen MR) is 75.7 cm³/mol. The van der Waals surface area contributed by atoms with Crippen LogP contribution < -0.4 is 5.32 Å². The van der Waals surface area contributed by atoms with Gasteiger partial charge in [0, 0.05) is 0 Å². The summed E-state index contributed by atoms with van der Waals surface area (Å²) in [5, 5.41) is 11.3. The Labute approximate surface area is 126 Å². The number of benzene rings is 1. The highest BCUT2D eigenvalue weighted by Crippen LogP contribution is 2.32. The Balaban J connectivity index is 2.36. The zero-order valence-corrected chi connectivity index (χ0v) is 11.9. The van der Waals surface area contributed by atoms with Crippen molar-refractivity contribution in [1.29, 1.82) is 0 Å². The summed E-state index contributed by atoms with van der Waals surface area (Å²) >= 11 is 12.5. The van der Waals surface area contributed by atoms with Gasteiger partial charge in [0.15, 0.2) is 0 Å². The van der Waals surface area contributed by atoms with E-state index in [-0.39, 0.29) is 15.6 Å². The van der Waals surface area contributed by atoms with E-state index in [0.29, 0.717) is 4.34 Å². The maximum atomic E-state index is 13.5. The molecule has 0 saturated carbocycles. The van der Waals surface area contributed by atoms with E-state index >= 15 is 0 Å². The fourth-order valence-corrected chi connectivity index (χ4v) is 2.99. The summed E-state index contributed by atoms with van der Waals surface area (Å²) in [5.41, 5.74) is -0.665. The summed E-state index contributed by atoms with van der Waals surface area (Å²) in [6.45, 7) is 0. The number of carboxylic acids is 1. The molecule has 8 heteroatoms. The Morgan fingerprint density at radius 3 is 2.55 bits per heavy atom. The molecule has 1 aromatic carbocycles. The Kier molecular flexibility index (Phi) is 4.27. The highest BCUT2D eigenvalue weighted by Gasteiger charge is 2.20. The fraction of sp³-hybridized carbons (Fsp3) is 0. The molecule has 1 heterocycles. The van der Waals surface area contributed by atoms with Crippen molar-refractivity contribution < 1.29 is 19.1 Å². The fourth-order valence-electron chi connectivity index (χ4n) is 1.53. The summed E-state index contributed by atoms with van der Waals surface area (Å²) in [7, 11) is 0. The molecule has 0 aliphatic carbocycles. The van der Waals surface area contributed by atoms with Crippen LogP contribution in [0.4, 0.5) is 10.1 Å². The van der Waals surface area contributed by atoms with Crippen LogP contribution in [-0.4, -0.2) is 17.0 Å². The third-order valence-corrected chi connectivity index (χ3v) is 3.86. The van der Waals surface area contributed by atoms with Crippen molar-refractivity contribution in [3.63, 3.8) is 0 Å². The molecule has 0 fully saturated rings. The molecule has 0 radical (unpaired) electrons. The minimum Gasteiger partial charge on any atom is -0.478 e. The molecule has 0 aliphatic rings. The molecule has 0 spiro atoms.